The van der Waals surface area contributed by atoms with Crippen molar-refractivity contribution in [1.82, 2.24) is 9.88 Å². The maximum absolute atomic E-state index is 6.13. The zero-order valence-corrected chi connectivity index (χ0v) is 10.7. The zero-order valence-electron chi connectivity index (χ0n) is 10.7. The minimum atomic E-state index is -0.00525. The molecule has 1 aromatic heterocycles. The van der Waals surface area contributed by atoms with Crippen molar-refractivity contribution in [3.05, 3.63) is 29.1 Å². The highest BCUT2D eigenvalue weighted by molar-refractivity contribution is 5.35. The van der Waals surface area contributed by atoms with Crippen molar-refractivity contribution in [3.8, 4) is 0 Å². The SMILES string of the molecule is CCc1cc2c(cn1)COC21CCN(C)CC1. The predicted molar refractivity (Wildman–Crippen MR) is 66.8 cm³/mol. The number of piperidine rings is 1. The number of hydrogen-bond acceptors (Lipinski definition) is 3. The van der Waals surface area contributed by atoms with Gasteiger partial charge in [0.05, 0.1) is 12.2 Å². The fourth-order valence-electron chi connectivity index (χ4n) is 2.95. The summed E-state index contributed by atoms with van der Waals surface area (Å²) in [6.07, 6.45) is 5.25. The molecule has 0 aliphatic carbocycles. The second kappa shape index (κ2) is 4.07. The van der Waals surface area contributed by atoms with Crippen LogP contribution in [0.15, 0.2) is 12.3 Å². The molecule has 1 spiro atoms. The van der Waals surface area contributed by atoms with E-state index < -0.39 is 0 Å². The van der Waals surface area contributed by atoms with Crippen LogP contribution in [0.5, 0.6) is 0 Å². The molecular formula is C14H20N2O. The lowest BCUT2D eigenvalue weighted by molar-refractivity contribution is -0.0755. The second-order valence-electron chi connectivity index (χ2n) is 5.27. The highest BCUT2D eigenvalue weighted by atomic mass is 16.5. The quantitative estimate of drug-likeness (QED) is 0.741. The largest absolute Gasteiger partial charge is 0.365 e. The summed E-state index contributed by atoms with van der Waals surface area (Å²) in [6.45, 7) is 5.16. The topological polar surface area (TPSA) is 25.4 Å². The van der Waals surface area contributed by atoms with Gasteiger partial charge in [-0.1, -0.05) is 6.92 Å². The number of hydrogen-bond donors (Lipinski definition) is 0. The van der Waals surface area contributed by atoms with Gasteiger partial charge in [0.25, 0.3) is 0 Å². The van der Waals surface area contributed by atoms with E-state index in [1.54, 1.807) is 0 Å². The predicted octanol–water partition coefficient (Wildman–Crippen LogP) is 2.10. The summed E-state index contributed by atoms with van der Waals surface area (Å²) >= 11 is 0. The third-order valence-corrected chi connectivity index (χ3v) is 4.19. The van der Waals surface area contributed by atoms with E-state index in [0.29, 0.717) is 0 Å². The molecule has 0 saturated carbocycles. The van der Waals surface area contributed by atoms with Crippen LogP contribution in [0, 0.1) is 0 Å². The van der Waals surface area contributed by atoms with Crippen molar-refractivity contribution >= 4 is 0 Å². The smallest absolute Gasteiger partial charge is 0.0964 e. The normalized spacial score (nSPS) is 22.9. The van der Waals surface area contributed by atoms with Crippen molar-refractivity contribution in [2.24, 2.45) is 0 Å². The molecule has 92 valence electrons. The Balaban J connectivity index is 1.96. The van der Waals surface area contributed by atoms with Crippen molar-refractivity contribution < 1.29 is 4.74 Å². The van der Waals surface area contributed by atoms with Crippen molar-refractivity contribution in [2.75, 3.05) is 20.1 Å². The molecule has 1 saturated heterocycles. The Labute approximate surface area is 103 Å². The lowest BCUT2D eigenvalue weighted by Gasteiger charge is -2.37. The molecule has 0 amide bonds. The number of ether oxygens (including phenoxy) is 1. The molecule has 0 unspecified atom stereocenters. The zero-order chi connectivity index (χ0) is 11.9. The molecule has 3 rings (SSSR count). The summed E-state index contributed by atoms with van der Waals surface area (Å²) in [5.41, 5.74) is 3.89. The van der Waals surface area contributed by atoms with Gasteiger partial charge < -0.3 is 9.64 Å². The minimum absolute atomic E-state index is 0.00525. The minimum Gasteiger partial charge on any atom is -0.365 e. The number of fused-ring (bicyclic) bond motifs is 2. The molecule has 3 nitrogen and oxygen atoms in total. The van der Waals surface area contributed by atoms with E-state index in [4.69, 9.17) is 4.74 Å². The van der Waals surface area contributed by atoms with Gasteiger partial charge in [0, 0.05) is 30.5 Å². The highest BCUT2D eigenvalue weighted by Gasteiger charge is 2.42. The molecule has 0 radical (unpaired) electrons. The van der Waals surface area contributed by atoms with Crippen molar-refractivity contribution in [1.29, 1.82) is 0 Å². The van der Waals surface area contributed by atoms with E-state index in [9.17, 15) is 0 Å². The maximum atomic E-state index is 6.13. The van der Waals surface area contributed by atoms with Crippen LogP contribution in [0.3, 0.4) is 0 Å². The summed E-state index contributed by atoms with van der Waals surface area (Å²) < 4.78 is 6.13. The molecule has 2 aliphatic heterocycles. The summed E-state index contributed by atoms with van der Waals surface area (Å²) in [6, 6.07) is 2.27. The van der Waals surface area contributed by atoms with Gasteiger partial charge >= 0.3 is 0 Å². The average molecular weight is 232 g/mol. The molecule has 0 aromatic carbocycles. The van der Waals surface area contributed by atoms with Crippen LogP contribution in [0.1, 0.15) is 36.6 Å². The van der Waals surface area contributed by atoms with Crippen LogP contribution in [0.25, 0.3) is 0 Å². The first-order valence-corrected chi connectivity index (χ1v) is 6.54. The van der Waals surface area contributed by atoms with Gasteiger partial charge in [-0.15, -0.1) is 0 Å². The fourth-order valence-corrected chi connectivity index (χ4v) is 2.95. The first kappa shape index (κ1) is 11.2. The molecule has 3 heteroatoms. The van der Waals surface area contributed by atoms with E-state index in [0.717, 1.165) is 39.0 Å². The number of aryl methyl sites for hydroxylation is 1. The van der Waals surface area contributed by atoms with Crippen molar-refractivity contribution in [2.45, 2.75) is 38.4 Å². The Morgan fingerprint density at radius 1 is 1.41 bits per heavy atom. The first-order chi connectivity index (χ1) is 8.23. The Morgan fingerprint density at radius 3 is 2.88 bits per heavy atom. The summed E-state index contributed by atoms with van der Waals surface area (Å²) in [5, 5.41) is 0. The molecule has 0 atom stereocenters. The number of nitrogens with zero attached hydrogens (tertiary/aromatic N) is 2. The van der Waals surface area contributed by atoms with E-state index in [2.05, 4.69) is 29.9 Å². The van der Waals surface area contributed by atoms with Crippen LogP contribution in [-0.4, -0.2) is 30.0 Å². The van der Waals surface area contributed by atoms with E-state index in [1.165, 1.54) is 16.8 Å². The third-order valence-electron chi connectivity index (χ3n) is 4.19. The maximum Gasteiger partial charge on any atom is 0.0964 e. The molecule has 0 bridgehead atoms. The summed E-state index contributed by atoms with van der Waals surface area (Å²) in [5.74, 6) is 0. The van der Waals surface area contributed by atoms with Crippen LogP contribution in [-0.2, 0) is 23.4 Å². The van der Waals surface area contributed by atoms with Crippen LogP contribution >= 0.6 is 0 Å². The fraction of sp³-hybridized carbons (Fsp3) is 0.643. The van der Waals surface area contributed by atoms with E-state index in [-0.39, 0.29) is 5.60 Å². The second-order valence-corrected chi connectivity index (χ2v) is 5.27. The van der Waals surface area contributed by atoms with Gasteiger partial charge in [-0.3, -0.25) is 4.98 Å². The summed E-state index contributed by atoms with van der Waals surface area (Å²) in [4.78, 5) is 6.85. The van der Waals surface area contributed by atoms with Gasteiger partial charge in [0.2, 0.25) is 0 Å². The van der Waals surface area contributed by atoms with Gasteiger partial charge in [-0.2, -0.15) is 0 Å². The number of aromatic nitrogens is 1. The van der Waals surface area contributed by atoms with Crippen LogP contribution in [0.4, 0.5) is 0 Å². The summed E-state index contributed by atoms with van der Waals surface area (Å²) in [7, 11) is 2.19. The Bertz CT molecular complexity index is 422. The number of pyridine rings is 1. The Morgan fingerprint density at radius 2 is 2.18 bits per heavy atom. The Kier molecular flexibility index (Phi) is 2.68. The third kappa shape index (κ3) is 1.78. The molecular weight excluding hydrogens is 212 g/mol. The lowest BCUT2D eigenvalue weighted by atomic mass is 9.84. The monoisotopic (exact) mass is 232 g/mol. The molecule has 1 aromatic rings. The lowest BCUT2D eigenvalue weighted by Crippen LogP contribution is -2.40. The van der Waals surface area contributed by atoms with Crippen LogP contribution in [0.2, 0.25) is 0 Å². The first-order valence-electron chi connectivity index (χ1n) is 6.54. The van der Waals surface area contributed by atoms with Gasteiger partial charge in [0.15, 0.2) is 0 Å². The average Bonchev–Trinajstić information content (AvgIpc) is 2.72. The molecule has 1 fully saturated rings. The van der Waals surface area contributed by atoms with Gasteiger partial charge in [-0.25, -0.2) is 0 Å². The standard InChI is InChI=1S/C14H20N2O/c1-3-12-8-13-11(9-15-12)10-17-14(13)4-6-16(2)7-5-14/h8-9H,3-7,10H2,1-2H3. The van der Waals surface area contributed by atoms with Crippen LogP contribution < -0.4 is 0 Å². The van der Waals surface area contributed by atoms with Gasteiger partial charge in [0.1, 0.15) is 0 Å². The van der Waals surface area contributed by atoms with Crippen molar-refractivity contribution in [3.63, 3.8) is 0 Å². The van der Waals surface area contributed by atoms with E-state index in [1.807, 2.05) is 6.20 Å². The van der Waals surface area contributed by atoms with Gasteiger partial charge in [-0.05, 0) is 37.9 Å². The molecule has 2 aliphatic rings. The molecule has 0 N–H and O–H groups in total. The highest BCUT2D eigenvalue weighted by Crippen LogP contribution is 2.43. The number of rotatable bonds is 1. The molecule has 17 heavy (non-hydrogen) atoms. The molecule has 3 heterocycles. The number of likely N-dealkylation sites (tertiary alicyclic amines) is 1. The Hall–Kier alpha value is -0.930. The van der Waals surface area contributed by atoms with E-state index >= 15 is 0 Å².